The fourth-order valence-electron chi connectivity index (χ4n) is 2.34. The normalized spacial score (nSPS) is 19.8. The van der Waals surface area contributed by atoms with Crippen molar-refractivity contribution in [1.82, 2.24) is 10.6 Å². The van der Waals surface area contributed by atoms with E-state index in [9.17, 15) is 9.59 Å². The Morgan fingerprint density at radius 1 is 1.18 bits per heavy atom. The van der Waals surface area contributed by atoms with Crippen molar-refractivity contribution >= 4 is 23.4 Å². The molecule has 2 unspecified atom stereocenters. The second kappa shape index (κ2) is 7.63. The Kier molecular flexibility index (Phi) is 5.83. The van der Waals surface area contributed by atoms with E-state index in [0.29, 0.717) is 30.5 Å². The van der Waals surface area contributed by atoms with E-state index >= 15 is 0 Å². The van der Waals surface area contributed by atoms with Crippen molar-refractivity contribution in [3.63, 3.8) is 0 Å². The predicted molar refractivity (Wildman–Crippen MR) is 87.4 cm³/mol. The summed E-state index contributed by atoms with van der Waals surface area (Å²) in [5.41, 5.74) is 0.885. The Morgan fingerprint density at radius 3 is 2.45 bits per heavy atom. The van der Waals surface area contributed by atoms with Gasteiger partial charge in [0.05, 0.1) is 11.8 Å². The van der Waals surface area contributed by atoms with Gasteiger partial charge in [-0.2, -0.15) is 0 Å². The molecule has 0 bridgehead atoms. The summed E-state index contributed by atoms with van der Waals surface area (Å²) in [4.78, 5) is 24.0. The highest BCUT2D eigenvalue weighted by Crippen LogP contribution is 2.38. The molecular weight excluding hydrogens is 300 g/mol. The van der Waals surface area contributed by atoms with Crippen molar-refractivity contribution < 1.29 is 9.59 Å². The van der Waals surface area contributed by atoms with Gasteiger partial charge in [-0.15, -0.1) is 0 Å². The van der Waals surface area contributed by atoms with Crippen molar-refractivity contribution in [2.45, 2.75) is 33.2 Å². The zero-order valence-corrected chi connectivity index (χ0v) is 13.8. The Balaban J connectivity index is 1.72. The van der Waals surface area contributed by atoms with Crippen LogP contribution in [-0.4, -0.2) is 18.4 Å². The molecule has 2 amide bonds. The average Bonchev–Trinajstić information content (AvgIpc) is 3.26. The molecular formula is C17H23ClN2O2. The quantitative estimate of drug-likeness (QED) is 0.811. The van der Waals surface area contributed by atoms with Crippen LogP contribution in [0.3, 0.4) is 0 Å². The number of hydrogen-bond donors (Lipinski definition) is 2. The molecule has 120 valence electrons. The van der Waals surface area contributed by atoms with Gasteiger partial charge in [0.15, 0.2) is 0 Å². The Labute approximate surface area is 136 Å². The smallest absolute Gasteiger partial charge is 0.224 e. The maximum Gasteiger partial charge on any atom is 0.224 e. The lowest BCUT2D eigenvalue weighted by atomic mass is 10.1. The minimum absolute atomic E-state index is 0.00135. The van der Waals surface area contributed by atoms with Crippen molar-refractivity contribution in [3.05, 3.63) is 34.9 Å². The van der Waals surface area contributed by atoms with E-state index in [1.807, 2.05) is 18.2 Å². The summed E-state index contributed by atoms with van der Waals surface area (Å²) in [5, 5.41) is 6.40. The molecule has 0 spiro atoms. The predicted octanol–water partition coefficient (Wildman–Crippen LogP) is 2.75. The topological polar surface area (TPSA) is 58.2 Å². The van der Waals surface area contributed by atoms with Gasteiger partial charge in [0.25, 0.3) is 0 Å². The molecule has 0 heterocycles. The number of carbonyl (C=O) groups excluding carboxylic acids is 2. The van der Waals surface area contributed by atoms with Gasteiger partial charge < -0.3 is 10.6 Å². The highest BCUT2D eigenvalue weighted by Gasteiger charge is 2.47. The third kappa shape index (κ3) is 4.73. The summed E-state index contributed by atoms with van der Waals surface area (Å²) in [5.74, 6) is 0.136. The molecule has 1 aromatic rings. The van der Waals surface area contributed by atoms with E-state index in [0.717, 1.165) is 12.0 Å². The molecule has 2 N–H and O–H groups in total. The molecule has 1 aromatic carbocycles. The summed E-state index contributed by atoms with van der Waals surface area (Å²) >= 11 is 6.05. The largest absolute Gasteiger partial charge is 0.356 e. The van der Waals surface area contributed by atoms with Crippen LogP contribution in [-0.2, 0) is 16.1 Å². The van der Waals surface area contributed by atoms with Crippen LogP contribution >= 0.6 is 11.6 Å². The Morgan fingerprint density at radius 2 is 1.82 bits per heavy atom. The van der Waals surface area contributed by atoms with Crippen LogP contribution < -0.4 is 10.6 Å². The van der Waals surface area contributed by atoms with E-state index < -0.39 is 0 Å². The number of benzene rings is 1. The van der Waals surface area contributed by atoms with E-state index in [2.05, 4.69) is 24.5 Å². The van der Waals surface area contributed by atoms with Gasteiger partial charge in [-0.3, -0.25) is 9.59 Å². The SMILES string of the molecule is CC(C)CCNC(=O)C1CC1C(=O)NCc1ccccc1Cl. The standard InChI is InChI=1S/C17H23ClN2O2/c1-11(2)7-8-19-16(21)13-9-14(13)17(22)20-10-12-5-3-4-6-15(12)18/h3-6,11,13-14H,7-10H2,1-2H3,(H,19,21)(H,20,22). The van der Waals surface area contributed by atoms with Crippen molar-refractivity contribution in [2.24, 2.45) is 17.8 Å². The van der Waals surface area contributed by atoms with Crippen molar-refractivity contribution in [1.29, 1.82) is 0 Å². The molecule has 0 aromatic heterocycles. The fourth-order valence-corrected chi connectivity index (χ4v) is 2.55. The van der Waals surface area contributed by atoms with E-state index in [-0.39, 0.29) is 23.7 Å². The second-order valence-corrected chi connectivity index (χ2v) is 6.64. The number of hydrogen-bond acceptors (Lipinski definition) is 2. The van der Waals surface area contributed by atoms with Crippen LogP contribution in [0.25, 0.3) is 0 Å². The van der Waals surface area contributed by atoms with Crippen molar-refractivity contribution in [3.8, 4) is 0 Å². The molecule has 22 heavy (non-hydrogen) atoms. The first-order valence-corrected chi connectivity index (χ1v) is 8.15. The third-order valence-corrected chi connectivity index (χ3v) is 4.26. The number of carbonyl (C=O) groups is 2. The summed E-state index contributed by atoms with van der Waals surface area (Å²) in [6.45, 7) is 5.32. The van der Waals surface area contributed by atoms with Gasteiger partial charge in [-0.05, 0) is 30.4 Å². The monoisotopic (exact) mass is 322 g/mol. The zero-order valence-electron chi connectivity index (χ0n) is 13.1. The van der Waals surface area contributed by atoms with Gasteiger partial charge in [0.1, 0.15) is 0 Å². The van der Waals surface area contributed by atoms with Crippen LogP contribution in [0.1, 0.15) is 32.3 Å². The first-order valence-electron chi connectivity index (χ1n) is 7.78. The molecule has 0 radical (unpaired) electrons. The maximum atomic E-state index is 12.1. The lowest BCUT2D eigenvalue weighted by Crippen LogP contribution is -2.30. The Bertz CT molecular complexity index is 545. The number of halogens is 1. The van der Waals surface area contributed by atoms with Gasteiger partial charge in [-0.25, -0.2) is 0 Å². The first-order chi connectivity index (χ1) is 10.5. The molecule has 0 aliphatic heterocycles. The lowest BCUT2D eigenvalue weighted by molar-refractivity contribution is -0.127. The Hall–Kier alpha value is -1.55. The second-order valence-electron chi connectivity index (χ2n) is 6.23. The number of amides is 2. The van der Waals surface area contributed by atoms with Crippen LogP contribution in [0.2, 0.25) is 5.02 Å². The van der Waals surface area contributed by atoms with E-state index in [4.69, 9.17) is 11.6 Å². The van der Waals surface area contributed by atoms with Gasteiger partial charge >= 0.3 is 0 Å². The first kappa shape index (κ1) is 16.8. The van der Waals surface area contributed by atoms with Gasteiger partial charge in [0, 0.05) is 18.1 Å². The van der Waals surface area contributed by atoms with Gasteiger partial charge in [0.2, 0.25) is 11.8 Å². The zero-order chi connectivity index (χ0) is 16.1. The number of rotatable bonds is 7. The molecule has 4 nitrogen and oxygen atoms in total. The summed E-state index contributed by atoms with van der Waals surface area (Å²) < 4.78 is 0. The molecule has 0 saturated heterocycles. The highest BCUT2D eigenvalue weighted by atomic mass is 35.5. The highest BCUT2D eigenvalue weighted by molar-refractivity contribution is 6.31. The third-order valence-electron chi connectivity index (χ3n) is 3.90. The van der Waals surface area contributed by atoms with Crippen LogP contribution in [0, 0.1) is 17.8 Å². The van der Waals surface area contributed by atoms with Crippen LogP contribution in [0.4, 0.5) is 0 Å². The van der Waals surface area contributed by atoms with E-state index in [1.54, 1.807) is 6.07 Å². The molecule has 1 fully saturated rings. The summed E-state index contributed by atoms with van der Waals surface area (Å²) in [7, 11) is 0. The minimum Gasteiger partial charge on any atom is -0.356 e. The minimum atomic E-state index is -0.193. The molecule has 1 saturated carbocycles. The van der Waals surface area contributed by atoms with Crippen LogP contribution in [0.15, 0.2) is 24.3 Å². The fraction of sp³-hybridized carbons (Fsp3) is 0.529. The summed E-state index contributed by atoms with van der Waals surface area (Å²) in [6, 6.07) is 7.41. The molecule has 5 heteroatoms. The molecule has 2 rings (SSSR count). The summed E-state index contributed by atoms with van der Waals surface area (Å²) in [6.07, 6.45) is 1.60. The lowest BCUT2D eigenvalue weighted by Gasteiger charge is -2.08. The maximum absolute atomic E-state index is 12.1. The van der Waals surface area contributed by atoms with Gasteiger partial charge in [-0.1, -0.05) is 43.6 Å². The molecule has 1 aliphatic rings. The molecule has 2 atom stereocenters. The van der Waals surface area contributed by atoms with Crippen LogP contribution in [0.5, 0.6) is 0 Å². The molecule has 1 aliphatic carbocycles. The van der Waals surface area contributed by atoms with Crippen molar-refractivity contribution in [2.75, 3.05) is 6.54 Å². The average molecular weight is 323 g/mol. The number of nitrogens with one attached hydrogen (secondary N) is 2. The van der Waals surface area contributed by atoms with E-state index in [1.165, 1.54) is 0 Å².